The van der Waals surface area contributed by atoms with Crippen LogP contribution >= 0.6 is 0 Å². The van der Waals surface area contributed by atoms with Crippen molar-refractivity contribution in [3.8, 4) is 0 Å². The summed E-state index contributed by atoms with van der Waals surface area (Å²) in [5.41, 5.74) is 0. The predicted molar refractivity (Wildman–Crippen MR) is 74.0 cm³/mol. The van der Waals surface area contributed by atoms with Crippen molar-refractivity contribution in [2.45, 2.75) is 58.4 Å². The van der Waals surface area contributed by atoms with Crippen molar-refractivity contribution >= 4 is 12.0 Å². The summed E-state index contributed by atoms with van der Waals surface area (Å²) in [4.78, 5) is 22.1. The molecule has 1 aliphatic carbocycles. The van der Waals surface area contributed by atoms with E-state index < -0.39 is 5.97 Å². The Hall–Kier alpha value is -1.26. The average molecular weight is 270 g/mol. The number of aliphatic carboxylic acids is 1. The van der Waals surface area contributed by atoms with E-state index in [0.29, 0.717) is 18.9 Å². The number of rotatable bonds is 7. The van der Waals surface area contributed by atoms with Crippen LogP contribution in [0.2, 0.25) is 0 Å². The highest BCUT2D eigenvalue weighted by Gasteiger charge is 2.22. The van der Waals surface area contributed by atoms with Gasteiger partial charge in [-0.2, -0.15) is 0 Å². The Morgan fingerprint density at radius 1 is 1.26 bits per heavy atom. The normalized spacial score (nSPS) is 18.8. The number of urea groups is 1. The summed E-state index contributed by atoms with van der Waals surface area (Å²) in [6, 6.07) is 0.0819. The average Bonchev–Trinajstić information content (AvgIpc) is 2.87. The molecule has 5 heteroatoms. The summed E-state index contributed by atoms with van der Waals surface area (Å²) in [5, 5.41) is 14.4. The number of carbonyl (C=O) groups is 2. The first kappa shape index (κ1) is 15.8. The van der Waals surface area contributed by atoms with Crippen molar-refractivity contribution in [2.75, 3.05) is 6.54 Å². The molecule has 3 N–H and O–H groups in total. The van der Waals surface area contributed by atoms with E-state index in [1.165, 1.54) is 25.7 Å². The molecule has 2 unspecified atom stereocenters. The zero-order valence-electron chi connectivity index (χ0n) is 11.9. The lowest BCUT2D eigenvalue weighted by Crippen LogP contribution is -2.44. The quantitative estimate of drug-likeness (QED) is 0.664. The lowest BCUT2D eigenvalue weighted by molar-refractivity contribution is -0.137. The van der Waals surface area contributed by atoms with Gasteiger partial charge in [0.1, 0.15) is 0 Å². The van der Waals surface area contributed by atoms with E-state index in [-0.39, 0.29) is 24.4 Å². The summed E-state index contributed by atoms with van der Waals surface area (Å²) in [7, 11) is 0. The minimum absolute atomic E-state index is 0.137. The molecule has 1 fully saturated rings. The van der Waals surface area contributed by atoms with Crippen LogP contribution in [0.1, 0.15) is 52.4 Å². The highest BCUT2D eigenvalue weighted by molar-refractivity contribution is 5.74. The smallest absolute Gasteiger partial charge is 0.315 e. The standard InChI is InChI=1S/C14H26N2O3/c1-10(7-8-13(17)18)9-15-14(19)16-11(2)12-5-3-4-6-12/h10-12H,3-9H2,1-2H3,(H,17,18)(H2,15,16,19). The molecule has 0 heterocycles. The van der Waals surface area contributed by atoms with Gasteiger partial charge in [0.2, 0.25) is 0 Å². The van der Waals surface area contributed by atoms with Crippen LogP contribution in [0.25, 0.3) is 0 Å². The fourth-order valence-electron chi connectivity index (χ4n) is 2.57. The Labute approximate surface area is 115 Å². The second-order valence-electron chi connectivity index (χ2n) is 5.73. The van der Waals surface area contributed by atoms with E-state index >= 15 is 0 Å². The molecule has 19 heavy (non-hydrogen) atoms. The summed E-state index contributed by atoms with van der Waals surface area (Å²) in [6.45, 7) is 4.53. The molecule has 110 valence electrons. The zero-order chi connectivity index (χ0) is 14.3. The molecule has 0 aromatic heterocycles. The van der Waals surface area contributed by atoms with Gasteiger partial charge < -0.3 is 15.7 Å². The summed E-state index contributed by atoms with van der Waals surface area (Å²) in [5.74, 6) is 0.00461. The maximum atomic E-state index is 11.7. The Bertz CT molecular complexity index is 301. The van der Waals surface area contributed by atoms with Gasteiger partial charge >= 0.3 is 12.0 Å². The molecule has 5 nitrogen and oxygen atoms in total. The lowest BCUT2D eigenvalue weighted by atomic mass is 10.0. The minimum Gasteiger partial charge on any atom is -0.481 e. The molecular weight excluding hydrogens is 244 g/mol. The Morgan fingerprint density at radius 3 is 2.47 bits per heavy atom. The van der Waals surface area contributed by atoms with E-state index in [9.17, 15) is 9.59 Å². The largest absolute Gasteiger partial charge is 0.481 e. The molecule has 0 spiro atoms. The first-order valence-electron chi connectivity index (χ1n) is 7.25. The van der Waals surface area contributed by atoms with Gasteiger partial charge in [-0.1, -0.05) is 19.8 Å². The van der Waals surface area contributed by atoms with Crippen molar-refractivity contribution in [1.82, 2.24) is 10.6 Å². The monoisotopic (exact) mass is 270 g/mol. The van der Waals surface area contributed by atoms with Crippen molar-refractivity contribution in [3.05, 3.63) is 0 Å². The Morgan fingerprint density at radius 2 is 1.89 bits per heavy atom. The maximum Gasteiger partial charge on any atom is 0.315 e. The number of amides is 2. The Balaban J connectivity index is 2.14. The highest BCUT2D eigenvalue weighted by Crippen LogP contribution is 2.27. The molecule has 0 aromatic rings. The number of carboxylic acids is 1. The van der Waals surface area contributed by atoms with Gasteiger partial charge in [0.05, 0.1) is 0 Å². The molecular formula is C14H26N2O3. The number of hydrogen-bond acceptors (Lipinski definition) is 2. The van der Waals surface area contributed by atoms with E-state index in [0.717, 1.165) is 0 Å². The van der Waals surface area contributed by atoms with Gasteiger partial charge in [-0.3, -0.25) is 4.79 Å². The van der Waals surface area contributed by atoms with E-state index in [2.05, 4.69) is 17.6 Å². The van der Waals surface area contributed by atoms with E-state index in [1.54, 1.807) is 0 Å². The predicted octanol–water partition coefficient (Wildman–Crippen LogP) is 2.37. The topological polar surface area (TPSA) is 78.4 Å². The van der Waals surface area contributed by atoms with Crippen molar-refractivity contribution < 1.29 is 14.7 Å². The molecule has 0 radical (unpaired) electrons. The molecule has 1 aliphatic rings. The fraction of sp³-hybridized carbons (Fsp3) is 0.857. The Kier molecular flexibility index (Phi) is 6.67. The zero-order valence-corrected chi connectivity index (χ0v) is 11.9. The number of carboxylic acid groups (broad SMARTS) is 1. The van der Waals surface area contributed by atoms with Crippen LogP contribution in [0, 0.1) is 11.8 Å². The van der Waals surface area contributed by atoms with Crippen LogP contribution in [-0.4, -0.2) is 29.7 Å². The van der Waals surface area contributed by atoms with E-state index in [4.69, 9.17) is 5.11 Å². The van der Waals surface area contributed by atoms with Crippen molar-refractivity contribution in [1.29, 1.82) is 0 Å². The summed E-state index contributed by atoms with van der Waals surface area (Å²) in [6.07, 6.45) is 5.69. The molecule has 1 saturated carbocycles. The van der Waals surface area contributed by atoms with Crippen LogP contribution < -0.4 is 10.6 Å². The molecule has 0 aliphatic heterocycles. The third-order valence-corrected chi connectivity index (χ3v) is 3.93. The second kappa shape index (κ2) is 8.02. The molecule has 0 saturated heterocycles. The molecule has 2 atom stereocenters. The van der Waals surface area contributed by atoms with Crippen LogP contribution in [0.5, 0.6) is 0 Å². The van der Waals surface area contributed by atoms with Gasteiger partial charge in [-0.25, -0.2) is 4.79 Å². The number of nitrogens with one attached hydrogen (secondary N) is 2. The third kappa shape index (κ3) is 6.45. The highest BCUT2D eigenvalue weighted by atomic mass is 16.4. The first-order valence-corrected chi connectivity index (χ1v) is 7.25. The van der Waals surface area contributed by atoms with E-state index in [1.807, 2.05) is 6.92 Å². The lowest BCUT2D eigenvalue weighted by Gasteiger charge is -2.21. The molecule has 0 aromatic carbocycles. The van der Waals surface area contributed by atoms with Crippen molar-refractivity contribution in [3.63, 3.8) is 0 Å². The maximum absolute atomic E-state index is 11.7. The van der Waals surface area contributed by atoms with Crippen molar-refractivity contribution in [2.24, 2.45) is 11.8 Å². The minimum atomic E-state index is -0.786. The third-order valence-electron chi connectivity index (χ3n) is 3.93. The number of carbonyl (C=O) groups excluding carboxylic acids is 1. The molecule has 2 amide bonds. The van der Waals surface area contributed by atoms with Gasteiger partial charge in [0.15, 0.2) is 0 Å². The first-order chi connectivity index (χ1) is 8.99. The fourth-order valence-corrected chi connectivity index (χ4v) is 2.57. The van der Waals surface area contributed by atoms with Gasteiger partial charge in [0.25, 0.3) is 0 Å². The van der Waals surface area contributed by atoms with Gasteiger partial charge in [-0.15, -0.1) is 0 Å². The van der Waals surface area contributed by atoms with Crippen LogP contribution in [0.3, 0.4) is 0 Å². The molecule has 1 rings (SSSR count). The summed E-state index contributed by atoms with van der Waals surface area (Å²) < 4.78 is 0. The number of hydrogen-bond donors (Lipinski definition) is 3. The molecule has 0 bridgehead atoms. The summed E-state index contributed by atoms with van der Waals surface area (Å²) >= 11 is 0. The SMILES string of the molecule is CC(CCC(=O)O)CNC(=O)NC(C)C1CCCC1. The second-order valence-corrected chi connectivity index (χ2v) is 5.73. The van der Waals surface area contributed by atoms with Crippen LogP contribution in [0.15, 0.2) is 0 Å². The van der Waals surface area contributed by atoms with Crippen LogP contribution in [-0.2, 0) is 4.79 Å². The van der Waals surface area contributed by atoms with Gasteiger partial charge in [-0.05, 0) is 38.0 Å². The van der Waals surface area contributed by atoms with Crippen LogP contribution in [0.4, 0.5) is 4.79 Å². The van der Waals surface area contributed by atoms with Gasteiger partial charge in [0, 0.05) is 19.0 Å².